The SMILES string of the molecule is O=C(c1cccc(-n2cccn2)c1)N1CCCCC(c2ccc(Cl)cc2)C1. The Labute approximate surface area is 164 Å². The molecule has 4 rings (SSSR count). The molecule has 1 amide bonds. The number of hydrogen-bond donors (Lipinski definition) is 0. The molecule has 2 heterocycles. The molecule has 1 aliphatic rings. The first-order valence-corrected chi connectivity index (χ1v) is 9.73. The largest absolute Gasteiger partial charge is 0.338 e. The average molecular weight is 380 g/mol. The lowest BCUT2D eigenvalue weighted by Gasteiger charge is -2.25. The lowest BCUT2D eigenvalue weighted by atomic mass is 9.94. The Kier molecular flexibility index (Phi) is 5.26. The van der Waals surface area contributed by atoms with E-state index in [1.165, 1.54) is 5.56 Å². The van der Waals surface area contributed by atoms with E-state index in [0.29, 0.717) is 11.5 Å². The molecule has 3 aromatic rings. The predicted molar refractivity (Wildman–Crippen MR) is 108 cm³/mol. The van der Waals surface area contributed by atoms with Crippen LogP contribution in [0.5, 0.6) is 0 Å². The molecule has 1 atom stereocenters. The minimum absolute atomic E-state index is 0.0878. The molecule has 1 aromatic heterocycles. The van der Waals surface area contributed by atoms with Crippen molar-refractivity contribution in [1.82, 2.24) is 14.7 Å². The van der Waals surface area contributed by atoms with Crippen molar-refractivity contribution in [2.75, 3.05) is 13.1 Å². The van der Waals surface area contributed by atoms with Crippen LogP contribution in [0.1, 0.15) is 41.1 Å². The van der Waals surface area contributed by atoms with E-state index in [1.54, 1.807) is 10.9 Å². The number of hydrogen-bond acceptors (Lipinski definition) is 2. The molecular formula is C22H22ClN3O. The van der Waals surface area contributed by atoms with E-state index >= 15 is 0 Å². The van der Waals surface area contributed by atoms with Gasteiger partial charge in [0.15, 0.2) is 0 Å². The van der Waals surface area contributed by atoms with Gasteiger partial charge in [0.2, 0.25) is 0 Å². The van der Waals surface area contributed by atoms with Crippen molar-refractivity contribution in [2.45, 2.75) is 25.2 Å². The van der Waals surface area contributed by atoms with Gasteiger partial charge in [-0.15, -0.1) is 0 Å². The highest BCUT2D eigenvalue weighted by Gasteiger charge is 2.24. The van der Waals surface area contributed by atoms with Gasteiger partial charge in [0.25, 0.3) is 5.91 Å². The molecular weight excluding hydrogens is 358 g/mol. The third-order valence-electron chi connectivity index (χ3n) is 5.16. The van der Waals surface area contributed by atoms with Gasteiger partial charge in [0.1, 0.15) is 0 Å². The lowest BCUT2D eigenvalue weighted by molar-refractivity contribution is 0.0754. The number of likely N-dealkylation sites (tertiary alicyclic amines) is 1. The van der Waals surface area contributed by atoms with Crippen molar-refractivity contribution in [3.05, 3.63) is 83.1 Å². The molecule has 4 nitrogen and oxygen atoms in total. The van der Waals surface area contributed by atoms with Crippen molar-refractivity contribution in [3.8, 4) is 5.69 Å². The van der Waals surface area contributed by atoms with E-state index in [4.69, 9.17) is 11.6 Å². The van der Waals surface area contributed by atoms with Crippen LogP contribution in [-0.4, -0.2) is 33.7 Å². The third-order valence-corrected chi connectivity index (χ3v) is 5.41. The molecule has 138 valence electrons. The number of nitrogens with zero attached hydrogens (tertiary/aromatic N) is 3. The molecule has 0 aliphatic carbocycles. The molecule has 0 radical (unpaired) electrons. The fraction of sp³-hybridized carbons (Fsp3) is 0.273. The Morgan fingerprint density at radius 3 is 2.70 bits per heavy atom. The van der Waals surface area contributed by atoms with Crippen molar-refractivity contribution >= 4 is 17.5 Å². The van der Waals surface area contributed by atoms with Crippen LogP contribution in [0.4, 0.5) is 0 Å². The van der Waals surface area contributed by atoms with Gasteiger partial charge in [-0.2, -0.15) is 5.10 Å². The van der Waals surface area contributed by atoms with Crippen molar-refractivity contribution < 1.29 is 4.79 Å². The Morgan fingerprint density at radius 2 is 1.93 bits per heavy atom. The van der Waals surface area contributed by atoms with Crippen LogP contribution in [-0.2, 0) is 0 Å². The normalized spacial score (nSPS) is 17.5. The Bertz CT molecular complexity index is 906. The molecule has 27 heavy (non-hydrogen) atoms. The number of benzene rings is 2. The molecule has 1 saturated heterocycles. The topological polar surface area (TPSA) is 38.1 Å². The van der Waals surface area contributed by atoms with Gasteiger partial charge in [-0.3, -0.25) is 4.79 Å². The van der Waals surface area contributed by atoms with Gasteiger partial charge in [0, 0.05) is 42.0 Å². The minimum atomic E-state index is 0.0878. The van der Waals surface area contributed by atoms with Crippen molar-refractivity contribution in [2.24, 2.45) is 0 Å². The monoisotopic (exact) mass is 379 g/mol. The van der Waals surface area contributed by atoms with Gasteiger partial charge < -0.3 is 4.90 Å². The number of aromatic nitrogens is 2. The number of rotatable bonds is 3. The van der Waals surface area contributed by atoms with Crippen LogP contribution in [0.15, 0.2) is 67.0 Å². The maximum Gasteiger partial charge on any atom is 0.253 e. The summed E-state index contributed by atoms with van der Waals surface area (Å²) in [7, 11) is 0. The summed E-state index contributed by atoms with van der Waals surface area (Å²) in [4.78, 5) is 15.2. The summed E-state index contributed by atoms with van der Waals surface area (Å²) in [5.41, 5.74) is 2.86. The molecule has 1 unspecified atom stereocenters. The van der Waals surface area contributed by atoms with Crippen LogP contribution < -0.4 is 0 Å². The number of carbonyl (C=O) groups is 1. The van der Waals surface area contributed by atoms with Crippen LogP contribution in [0.25, 0.3) is 5.69 Å². The van der Waals surface area contributed by atoms with Crippen LogP contribution in [0.3, 0.4) is 0 Å². The Morgan fingerprint density at radius 1 is 1.07 bits per heavy atom. The molecule has 0 bridgehead atoms. The predicted octanol–water partition coefficient (Wildman–Crippen LogP) is 4.94. The second-order valence-electron chi connectivity index (χ2n) is 7.00. The highest BCUT2D eigenvalue weighted by molar-refractivity contribution is 6.30. The third kappa shape index (κ3) is 4.06. The number of carbonyl (C=O) groups excluding carboxylic acids is 1. The molecule has 0 N–H and O–H groups in total. The first-order chi connectivity index (χ1) is 13.2. The second kappa shape index (κ2) is 7.97. The zero-order valence-electron chi connectivity index (χ0n) is 15.1. The van der Waals surface area contributed by atoms with E-state index in [2.05, 4.69) is 17.2 Å². The van der Waals surface area contributed by atoms with E-state index in [9.17, 15) is 4.79 Å². The fourth-order valence-electron chi connectivity index (χ4n) is 3.72. The van der Waals surface area contributed by atoms with Crippen molar-refractivity contribution in [1.29, 1.82) is 0 Å². The van der Waals surface area contributed by atoms with E-state index in [0.717, 1.165) is 43.1 Å². The molecule has 1 fully saturated rings. The number of amides is 1. The number of halogens is 1. The highest BCUT2D eigenvalue weighted by atomic mass is 35.5. The zero-order chi connectivity index (χ0) is 18.6. The van der Waals surface area contributed by atoms with Crippen LogP contribution >= 0.6 is 11.6 Å². The maximum absolute atomic E-state index is 13.2. The summed E-state index contributed by atoms with van der Waals surface area (Å²) in [6.45, 7) is 1.54. The summed E-state index contributed by atoms with van der Waals surface area (Å²) < 4.78 is 1.77. The first kappa shape index (κ1) is 17.8. The summed E-state index contributed by atoms with van der Waals surface area (Å²) in [5.74, 6) is 0.438. The standard InChI is InChI=1S/C22H22ClN3O/c23-20-10-8-17(9-11-20)19-5-1-2-13-25(16-19)22(27)18-6-3-7-21(15-18)26-14-4-12-24-26/h3-4,6-12,14-15,19H,1-2,5,13,16H2. The van der Waals surface area contributed by atoms with Gasteiger partial charge in [0.05, 0.1) is 5.69 Å². The van der Waals surface area contributed by atoms with Gasteiger partial charge in [-0.25, -0.2) is 4.68 Å². The van der Waals surface area contributed by atoms with E-state index in [1.807, 2.05) is 53.6 Å². The molecule has 2 aromatic carbocycles. The summed E-state index contributed by atoms with van der Waals surface area (Å²) in [5, 5.41) is 5.00. The second-order valence-corrected chi connectivity index (χ2v) is 7.43. The van der Waals surface area contributed by atoms with Gasteiger partial charge in [-0.05, 0) is 54.8 Å². The van der Waals surface area contributed by atoms with Crippen LogP contribution in [0.2, 0.25) is 5.02 Å². The average Bonchev–Trinajstić information content (AvgIpc) is 3.13. The molecule has 1 aliphatic heterocycles. The summed E-state index contributed by atoms with van der Waals surface area (Å²) in [6.07, 6.45) is 6.88. The summed E-state index contributed by atoms with van der Waals surface area (Å²) in [6, 6.07) is 17.6. The molecule has 0 saturated carbocycles. The fourth-order valence-corrected chi connectivity index (χ4v) is 3.85. The Balaban J connectivity index is 1.55. The highest BCUT2D eigenvalue weighted by Crippen LogP contribution is 2.28. The van der Waals surface area contributed by atoms with E-state index in [-0.39, 0.29) is 5.91 Å². The minimum Gasteiger partial charge on any atom is -0.338 e. The quantitative estimate of drug-likeness (QED) is 0.646. The maximum atomic E-state index is 13.2. The smallest absolute Gasteiger partial charge is 0.253 e. The lowest BCUT2D eigenvalue weighted by Crippen LogP contribution is -2.34. The first-order valence-electron chi connectivity index (χ1n) is 9.35. The zero-order valence-corrected chi connectivity index (χ0v) is 15.8. The van der Waals surface area contributed by atoms with Gasteiger partial charge in [-0.1, -0.05) is 36.2 Å². The van der Waals surface area contributed by atoms with Gasteiger partial charge >= 0.3 is 0 Å². The van der Waals surface area contributed by atoms with Crippen molar-refractivity contribution in [3.63, 3.8) is 0 Å². The molecule has 5 heteroatoms. The molecule has 0 spiro atoms. The van der Waals surface area contributed by atoms with Crippen LogP contribution in [0, 0.1) is 0 Å². The Hall–Kier alpha value is -2.59. The van der Waals surface area contributed by atoms with E-state index < -0.39 is 0 Å². The summed E-state index contributed by atoms with van der Waals surface area (Å²) >= 11 is 6.03.